The van der Waals surface area contributed by atoms with Crippen molar-refractivity contribution < 1.29 is 14.3 Å². The lowest BCUT2D eigenvalue weighted by atomic mass is 10.0. The number of carbonyl (C=O) groups is 2. The molecule has 0 atom stereocenters. The molecule has 1 amide bonds. The fourth-order valence-corrected chi connectivity index (χ4v) is 3.73. The fourth-order valence-electron chi connectivity index (χ4n) is 3.73. The molecule has 1 aromatic heterocycles. The summed E-state index contributed by atoms with van der Waals surface area (Å²) in [5, 5.41) is 0.970. The lowest BCUT2D eigenvalue weighted by molar-refractivity contribution is 0.0600. The number of amides is 1. The molecule has 0 saturated heterocycles. The Kier molecular flexibility index (Phi) is 4.55. The predicted molar refractivity (Wildman–Crippen MR) is 109 cm³/mol. The second-order valence-electron chi connectivity index (χ2n) is 7.26. The van der Waals surface area contributed by atoms with E-state index in [4.69, 9.17) is 4.74 Å². The van der Waals surface area contributed by atoms with Crippen molar-refractivity contribution in [1.82, 2.24) is 9.88 Å². The summed E-state index contributed by atoms with van der Waals surface area (Å²) in [7, 11) is 5.30. The van der Waals surface area contributed by atoms with Gasteiger partial charge in [0.15, 0.2) is 0 Å². The molecule has 0 radical (unpaired) electrons. The molecule has 28 heavy (non-hydrogen) atoms. The van der Waals surface area contributed by atoms with Crippen LogP contribution in [0, 0.1) is 0 Å². The van der Waals surface area contributed by atoms with E-state index in [0.717, 1.165) is 34.3 Å². The molecule has 0 aliphatic carbocycles. The zero-order valence-corrected chi connectivity index (χ0v) is 16.3. The maximum atomic E-state index is 13.1. The van der Waals surface area contributed by atoms with Gasteiger partial charge in [-0.1, -0.05) is 6.07 Å². The second kappa shape index (κ2) is 7.03. The number of aromatic nitrogens is 1. The van der Waals surface area contributed by atoms with Crippen LogP contribution in [0.1, 0.15) is 32.0 Å². The SMILES string of the molecule is COC(=O)c1ccc2[nH]c3c(c2c1)CN(C(=O)c1cccc(N(C)C)c1)CC3. The molecule has 6 heteroatoms. The van der Waals surface area contributed by atoms with E-state index in [1.165, 1.54) is 7.11 Å². The lowest BCUT2D eigenvalue weighted by Gasteiger charge is -2.27. The van der Waals surface area contributed by atoms with Crippen LogP contribution >= 0.6 is 0 Å². The molecule has 1 aliphatic heterocycles. The highest BCUT2D eigenvalue weighted by atomic mass is 16.5. The van der Waals surface area contributed by atoms with Gasteiger partial charge in [-0.05, 0) is 36.4 Å². The van der Waals surface area contributed by atoms with Crippen LogP contribution in [0.3, 0.4) is 0 Å². The summed E-state index contributed by atoms with van der Waals surface area (Å²) >= 11 is 0. The molecule has 2 aromatic carbocycles. The molecule has 6 nitrogen and oxygen atoms in total. The number of methoxy groups -OCH3 is 1. The Balaban J connectivity index is 1.66. The molecule has 0 saturated carbocycles. The lowest BCUT2D eigenvalue weighted by Crippen LogP contribution is -2.35. The fraction of sp³-hybridized carbons (Fsp3) is 0.273. The van der Waals surface area contributed by atoms with E-state index in [-0.39, 0.29) is 11.9 Å². The van der Waals surface area contributed by atoms with Crippen molar-refractivity contribution >= 4 is 28.5 Å². The van der Waals surface area contributed by atoms with Gasteiger partial charge >= 0.3 is 5.97 Å². The number of aromatic amines is 1. The Bertz CT molecular complexity index is 1070. The number of hydrogen-bond acceptors (Lipinski definition) is 4. The van der Waals surface area contributed by atoms with Crippen molar-refractivity contribution in [2.75, 3.05) is 32.6 Å². The third kappa shape index (κ3) is 3.11. The average Bonchev–Trinajstić information content (AvgIpc) is 3.09. The zero-order valence-electron chi connectivity index (χ0n) is 16.3. The van der Waals surface area contributed by atoms with Gasteiger partial charge in [0, 0.05) is 67.0 Å². The number of rotatable bonds is 3. The van der Waals surface area contributed by atoms with E-state index >= 15 is 0 Å². The molecule has 144 valence electrons. The summed E-state index contributed by atoms with van der Waals surface area (Å²) in [4.78, 5) is 32.3. The highest BCUT2D eigenvalue weighted by Gasteiger charge is 2.25. The number of nitrogens with zero attached hydrogens (tertiary/aromatic N) is 2. The van der Waals surface area contributed by atoms with Crippen LogP contribution in [0.2, 0.25) is 0 Å². The van der Waals surface area contributed by atoms with Gasteiger partial charge in [-0.2, -0.15) is 0 Å². The van der Waals surface area contributed by atoms with Crippen LogP contribution in [-0.4, -0.2) is 49.5 Å². The van der Waals surface area contributed by atoms with E-state index in [1.54, 1.807) is 6.07 Å². The molecular weight excluding hydrogens is 354 g/mol. The van der Waals surface area contributed by atoms with Crippen molar-refractivity contribution in [2.24, 2.45) is 0 Å². The summed E-state index contributed by atoms with van der Waals surface area (Å²) in [5.41, 5.74) is 5.37. The van der Waals surface area contributed by atoms with Gasteiger partial charge in [0.2, 0.25) is 0 Å². The number of hydrogen-bond donors (Lipinski definition) is 1. The van der Waals surface area contributed by atoms with Gasteiger partial charge in [0.1, 0.15) is 0 Å². The van der Waals surface area contributed by atoms with Gasteiger partial charge in [-0.25, -0.2) is 4.79 Å². The van der Waals surface area contributed by atoms with Crippen LogP contribution in [0.4, 0.5) is 5.69 Å². The number of carbonyl (C=O) groups excluding carboxylic acids is 2. The quantitative estimate of drug-likeness (QED) is 0.712. The van der Waals surface area contributed by atoms with Crippen molar-refractivity contribution in [1.29, 1.82) is 0 Å². The molecule has 2 heterocycles. The maximum absolute atomic E-state index is 13.1. The van der Waals surface area contributed by atoms with Crippen LogP contribution in [-0.2, 0) is 17.7 Å². The third-order valence-electron chi connectivity index (χ3n) is 5.29. The minimum absolute atomic E-state index is 0.0211. The minimum atomic E-state index is -0.360. The van der Waals surface area contributed by atoms with Crippen LogP contribution in [0.15, 0.2) is 42.5 Å². The summed E-state index contributed by atoms with van der Waals surface area (Å²) in [6.07, 6.45) is 0.761. The summed E-state index contributed by atoms with van der Waals surface area (Å²) in [5.74, 6) is -0.339. The molecule has 4 rings (SSSR count). The van der Waals surface area contributed by atoms with E-state index < -0.39 is 0 Å². The maximum Gasteiger partial charge on any atom is 0.337 e. The van der Waals surface area contributed by atoms with Gasteiger partial charge in [0.05, 0.1) is 12.7 Å². The Morgan fingerprint density at radius 2 is 1.93 bits per heavy atom. The molecule has 0 fully saturated rings. The van der Waals surface area contributed by atoms with Gasteiger partial charge < -0.3 is 19.5 Å². The summed E-state index contributed by atoms with van der Waals surface area (Å²) < 4.78 is 4.84. The number of ether oxygens (including phenoxy) is 1. The largest absolute Gasteiger partial charge is 0.465 e. The van der Waals surface area contributed by atoms with Crippen molar-refractivity contribution in [2.45, 2.75) is 13.0 Å². The van der Waals surface area contributed by atoms with Gasteiger partial charge in [-0.15, -0.1) is 0 Å². The number of esters is 1. The molecule has 1 N–H and O–H groups in total. The average molecular weight is 377 g/mol. The molecule has 3 aromatic rings. The first-order valence-electron chi connectivity index (χ1n) is 9.26. The van der Waals surface area contributed by atoms with Crippen LogP contribution in [0.25, 0.3) is 10.9 Å². The Morgan fingerprint density at radius 3 is 2.68 bits per heavy atom. The predicted octanol–water partition coefficient (Wildman–Crippen LogP) is 3.22. The standard InChI is InChI=1S/C22H23N3O3/c1-24(2)16-6-4-5-14(11-16)21(26)25-10-9-20-18(13-25)17-12-15(22(27)28-3)7-8-19(17)23-20/h4-8,11-12,23H,9-10,13H2,1-3H3. The van der Waals surface area contributed by atoms with Crippen molar-refractivity contribution in [3.63, 3.8) is 0 Å². The topological polar surface area (TPSA) is 65.6 Å². The summed E-state index contributed by atoms with van der Waals surface area (Å²) in [6, 6.07) is 13.2. The monoisotopic (exact) mass is 377 g/mol. The van der Waals surface area contributed by atoms with Crippen molar-refractivity contribution in [3.05, 3.63) is 64.8 Å². The number of benzene rings is 2. The highest BCUT2D eigenvalue weighted by molar-refractivity contribution is 5.98. The number of nitrogens with one attached hydrogen (secondary N) is 1. The van der Waals surface area contributed by atoms with Crippen molar-refractivity contribution in [3.8, 4) is 0 Å². The molecular formula is C22H23N3O3. The van der Waals surface area contributed by atoms with E-state index in [9.17, 15) is 9.59 Å². The first-order chi connectivity index (χ1) is 13.5. The first kappa shape index (κ1) is 18.1. The molecule has 0 spiro atoms. The number of fused-ring (bicyclic) bond motifs is 3. The summed E-state index contributed by atoms with van der Waals surface area (Å²) in [6.45, 7) is 1.18. The number of anilines is 1. The zero-order chi connectivity index (χ0) is 19.8. The Morgan fingerprint density at radius 1 is 1.11 bits per heavy atom. The van der Waals surface area contributed by atoms with E-state index in [2.05, 4.69) is 4.98 Å². The second-order valence-corrected chi connectivity index (χ2v) is 7.26. The highest BCUT2D eigenvalue weighted by Crippen LogP contribution is 2.29. The van der Waals surface area contributed by atoms with Gasteiger partial charge in [-0.3, -0.25) is 4.79 Å². The minimum Gasteiger partial charge on any atom is -0.465 e. The molecule has 0 unspecified atom stereocenters. The first-order valence-corrected chi connectivity index (χ1v) is 9.26. The molecule has 0 bridgehead atoms. The number of H-pyrrole nitrogens is 1. The van der Waals surface area contributed by atoms with Crippen LogP contribution < -0.4 is 4.90 Å². The van der Waals surface area contributed by atoms with Crippen LogP contribution in [0.5, 0.6) is 0 Å². The van der Waals surface area contributed by atoms with E-state index in [0.29, 0.717) is 24.2 Å². The normalized spacial score (nSPS) is 13.3. The van der Waals surface area contributed by atoms with E-state index in [1.807, 2.05) is 60.3 Å². The Labute approximate surface area is 163 Å². The smallest absolute Gasteiger partial charge is 0.337 e. The third-order valence-corrected chi connectivity index (χ3v) is 5.29. The van der Waals surface area contributed by atoms with Gasteiger partial charge in [0.25, 0.3) is 5.91 Å². The Hall–Kier alpha value is -3.28. The molecule has 1 aliphatic rings.